The molecule has 3 aromatic rings. The van der Waals surface area contributed by atoms with Gasteiger partial charge in [-0.15, -0.1) is 0 Å². The van der Waals surface area contributed by atoms with Gasteiger partial charge in [-0.3, -0.25) is 5.10 Å². The van der Waals surface area contributed by atoms with Crippen LogP contribution in [0.5, 0.6) is 11.5 Å². The number of methoxy groups -OCH3 is 1. The average molecular weight is 340 g/mol. The standard InChI is InChI=1S/C17H16N4O2S/c1-22-16-9-14(10-19-21-12-18-20-17(21)24)7-8-15(16)23-11-13-5-3-2-4-6-13/h2-10,12H,11H2,1H3,(H,20,24)/b19-10-. The van der Waals surface area contributed by atoms with Crippen LogP contribution in [0.15, 0.2) is 60.0 Å². The van der Waals surface area contributed by atoms with E-state index in [1.54, 1.807) is 13.3 Å². The first-order chi connectivity index (χ1) is 11.8. The topological polar surface area (TPSA) is 64.4 Å². The summed E-state index contributed by atoms with van der Waals surface area (Å²) in [6.45, 7) is 0.481. The molecule has 1 N–H and O–H groups in total. The summed E-state index contributed by atoms with van der Waals surface area (Å²) in [7, 11) is 1.61. The lowest BCUT2D eigenvalue weighted by Gasteiger charge is -2.11. The quantitative estimate of drug-likeness (QED) is 0.552. The first-order valence-electron chi connectivity index (χ1n) is 7.27. The third-order valence-corrected chi connectivity index (χ3v) is 3.57. The Morgan fingerprint density at radius 3 is 2.75 bits per heavy atom. The van der Waals surface area contributed by atoms with Crippen molar-refractivity contribution in [1.29, 1.82) is 0 Å². The van der Waals surface area contributed by atoms with E-state index < -0.39 is 0 Å². The molecule has 0 saturated heterocycles. The molecular weight excluding hydrogens is 324 g/mol. The molecule has 0 fully saturated rings. The average Bonchev–Trinajstić information content (AvgIpc) is 3.04. The summed E-state index contributed by atoms with van der Waals surface area (Å²) < 4.78 is 13.1. The van der Waals surface area contributed by atoms with Gasteiger partial charge in [0.2, 0.25) is 4.77 Å². The van der Waals surface area contributed by atoms with Crippen LogP contribution in [0.3, 0.4) is 0 Å². The fraction of sp³-hybridized carbons (Fsp3) is 0.118. The molecule has 0 bridgehead atoms. The predicted octanol–water partition coefficient (Wildman–Crippen LogP) is 3.41. The number of nitrogens with one attached hydrogen (secondary N) is 1. The Bertz CT molecular complexity index is 887. The summed E-state index contributed by atoms with van der Waals surface area (Å²) in [5, 5.41) is 10.7. The van der Waals surface area contributed by atoms with Crippen LogP contribution in [0.1, 0.15) is 11.1 Å². The smallest absolute Gasteiger partial charge is 0.216 e. The lowest BCUT2D eigenvalue weighted by Crippen LogP contribution is -1.98. The van der Waals surface area contributed by atoms with Crippen molar-refractivity contribution in [3.63, 3.8) is 0 Å². The minimum absolute atomic E-state index is 0.432. The van der Waals surface area contributed by atoms with Gasteiger partial charge in [0.05, 0.1) is 13.3 Å². The highest BCUT2D eigenvalue weighted by Crippen LogP contribution is 2.28. The van der Waals surface area contributed by atoms with Gasteiger partial charge in [-0.25, -0.2) is 0 Å². The SMILES string of the molecule is COc1cc(/C=N\n2cn[nH]c2=S)ccc1OCc1ccccc1. The number of hydrogen-bond acceptors (Lipinski definition) is 5. The summed E-state index contributed by atoms with van der Waals surface area (Å²) in [4.78, 5) is 0. The number of rotatable bonds is 6. The molecule has 0 aliphatic carbocycles. The number of ether oxygens (including phenoxy) is 2. The van der Waals surface area contributed by atoms with Crippen LogP contribution in [0.4, 0.5) is 0 Å². The third kappa shape index (κ3) is 3.88. The number of hydrogen-bond donors (Lipinski definition) is 1. The molecule has 122 valence electrons. The van der Waals surface area contributed by atoms with E-state index in [2.05, 4.69) is 15.3 Å². The molecule has 0 unspecified atom stereocenters. The summed E-state index contributed by atoms with van der Waals surface area (Å²) in [5.41, 5.74) is 1.96. The Morgan fingerprint density at radius 1 is 1.21 bits per heavy atom. The third-order valence-electron chi connectivity index (χ3n) is 3.29. The van der Waals surface area contributed by atoms with Crippen molar-refractivity contribution < 1.29 is 9.47 Å². The van der Waals surface area contributed by atoms with Gasteiger partial charge in [0.15, 0.2) is 11.5 Å². The first kappa shape index (κ1) is 15.9. The largest absolute Gasteiger partial charge is 0.493 e. The highest BCUT2D eigenvalue weighted by molar-refractivity contribution is 7.71. The highest BCUT2D eigenvalue weighted by Gasteiger charge is 2.05. The maximum atomic E-state index is 5.83. The number of H-pyrrole nitrogens is 1. The Hall–Kier alpha value is -2.93. The Morgan fingerprint density at radius 2 is 2.04 bits per heavy atom. The van der Waals surface area contributed by atoms with Gasteiger partial charge in [-0.1, -0.05) is 30.3 Å². The van der Waals surface area contributed by atoms with Gasteiger partial charge in [0, 0.05) is 0 Å². The van der Waals surface area contributed by atoms with Crippen molar-refractivity contribution in [3.05, 3.63) is 70.8 Å². The molecule has 1 aromatic heterocycles. The molecule has 0 aliphatic rings. The maximum absolute atomic E-state index is 5.83. The summed E-state index contributed by atoms with van der Waals surface area (Å²) in [6, 6.07) is 15.6. The second-order valence-electron chi connectivity index (χ2n) is 4.94. The second-order valence-corrected chi connectivity index (χ2v) is 5.32. The van der Waals surface area contributed by atoms with E-state index in [1.165, 1.54) is 11.0 Å². The minimum Gasteiger partial charge on any atom is -0.493 e. The predicted molar refractivity (Wildman–Crippen MR) is 94.2 cm³/mol. The van der Waals surface area contributed by atoms with Gasteiger partial charge in [0.25, 0.3) is 0 Å². The molecule has 7 heteroatoms. The lowest BCUT2D eigenvalue weighted by molar-refractivity contribution is 0.284. The fourth-order valence-electron chi connectivity index (χ4n) is 2.07. The number of benzene rings is 2. The minimum atomic E-state index is 0.432. The van der Waals surface area contributed by atoms with E-state index >= 15 is 0 Å². The van der Waals surface area contributed by atoms with E-state index in [0.717, 1.165) is 11.1 Å². The van der Waals surface area contributed by atoms with Crippen molar-refractivity contribution in [2.45, 2.75) is 6.61 Å². The molecule has 3 rings (SSSR count). The molecule has 0 radical (unpaired) electrons. The van der Waals surface area contributed by atoms with E-state index in [0.29, 0.717) is 22.9 Å². The van der Waals surface area contributed by atoms with Crippen LogP contribution < -0.4 is 9.47 Å². The second kappa shape index (κ2) is 7.56. The summed E-state index contributed by atoms with van der Waals surface area (Å²) >= 11 is 5.04. The zero-order chi connectivity index (χ0) is 16.8. The molecule has 1 heterocycles. The van der Waals surface area contributed by atoms with Gasteiger partial charge < -0.3 is 9.47 Å². The maximum Gasteiger partial charge on any atom is 0.216 e. The van der Waals surface area contributed by atoms with E-state index in [4.69, 9.17) is 21.7 Å². The van der Waals surface area contributed by atoms with E-state index in [1.807, 2.05) is 48.5 Å². The molecule has 24 heavy (non-hydrogen) atoms. The van der Waals surface area contributed by atoms with Crippen LogP contribution >= 0.6 is 12.2 Å². The molecule has 0 atom stereocenters. The van der Waals surface area contributed by atoms with Crippen molar-refractivity contribution in [1.82, 2.24) is 14.9 Å². The number of nitrogens with zero attached hydrogens (tertiary/aromatic N) is 3. The van der Waals surface area contributed by atoms with E-state index in [-0.39, 0.29) is 0 Å². The molecule has 0 spiro atoms. The normalized spacial score (nSPS) is 10.9. The van der Waals surface area contributed by atoms with Crippen molar-refractivity contribution in [3.8, 4) is 11.5 Å². The number of aromatic nitrogens is 3. The molecule has 6 nitrogen and oxygen atoms in total. The summed E-state index contributed by atoms with van der Waals surface area (Å²) in [6.07, 6.45) is 3.18. The first-order valence-corrected chi connectivity index (χ1v) is 7.68. The van der Waals surface area contributed by atoms with Gasteiger partial charge in [-0.05, 0) is 41.5 Å². The van der Waals surface area contributed by atoms with Crippen LogP contribution in [-0.2, 0) is 6.61 Å². The van der Waals surface area contributed by atoms with Crippen LogP contribution in [0.2, 0.25) is 0 Å². The van der Waals surface area contributed by atoms with Crippen LogP contribution in [0, 0.1) is 4.77 Å². The highest BCUT2D eigenvalue weighted by atomic mass is 32.1. The molecular formula is C17H16N4O2S. The fourth-order valence-corrected chi connectivity index (χ4v) is 2.22. The zero-order valence-electron chi connectivity index (χ0n) is 13.0. The van der Waals surface area contributed by atoms with E-state index in [9.17, 15) is 0 Å². The van der Waals surface area contributed by atoms with Crippen molar-refractivity contribution >= 4 is 18.4 Å². The van der Waals surface area contributed by atoms with Crippen LogP contribution in [-0.4, -0.2) is 28.2 Å². The molecule has 0 amide bonds. The summed E-state index contributed by atoms with van der Waals surface area (Å²) in [5.74, 6) is 1.32. The zero-order valence-corrected chi connectivity index (χ0v) is 13.9. The lowest BCUT2D eigenvalue weighted by atomic mass is 10.2. The monoisotopic (exact) mass is 340 g/mol. The number of aromatic amines is 1. The Kier molecular flexibility index (Phi) is 5.02. The van der Waals surface area contributed by atoms with Crippen LogP contribution in [0.25, 0.3) is 0 Å². The molecule has 2 aromatic carbocycles. The molecule has 0 saturated carbocycles. The molecule has 0 aliphatic heterocycles. The Balaban J connectivity index is 1.74. The Labute approximate surface area is 144 Å². The van der Waals surface area contributed by atoms with Gasteiger partial charge in [-0.2, -0.15) is 14.9 Å². The van der Waals surface area contributed by atoms with Gasteiger partial charge in [0.1, 0.15) is 12.9 Å². The van der Waals surface area contributed by atoms with Gasteiger partial charge >= 0.3 is 0 Å². The van der Waals surface area contributed by atoms with Crippen molar-refractivity contribution in [2.24, 2.45) is 5.10 Å². The van der Waals surface area contributed by atoms with Crippen molar-refractivity contribution in [2.75, 3.05) is 7.11 Å².